The van der Waals surface area contributed by atoms with Gasteiger partial charge in [0.25, 0.3) is 5.56 Å². The molecule has 7 heteroatoms. The highest BCUT2D eigenvalue weighted by molar-refractivity contribution is 6.01. The number of hydrogen-bond donors (Lipinski definition) is 2. The van der Waals surface area contributed by atoms with Gasteiger partial charge < -0.3 is 9.84 Å². The molecule has 1 aromatic rings. The van der Waals surface area contributed by atoms with Crippen molar-refractivity contribution >= 4 is 5.71 Å². The zero-order valence-corrected chi connectivity index (χ0v) is 14.8. The highest BCUT2D eigenvalue weighted by Crippen LogP contribution is 2.30. The molecule has 138 valence electrons. The van der Waals surface area contributed by atoms with Crippen LogP contribution >= 0.6 is 0 Å². The van der Waals surface area contributed by atoms with Crippen molar-refractivity contribution in [2.75, 3.05) is 13.2 Å². The number of hydrogen-bond acceptors (Lipinski definition) is 5. The number of H-pyrrole nitrogens is 1. The number of aliphatic imine (C=N–C) groups is 1. The maximum absolute atomic E-state index is 12.4. The third-order valence-corrected chi connectivity index (χ3v) is 5.19. The molecule has 1 saturated carbocycles. The van der Waals surface area contributed by atoms with Crippen LogP contribution in [0.3, 0.4) is 0 Å². The highest BCUT2D eigenvalue weighted by Gasteiger charge is 2.25. The van der Waals surface area contributed by atoms with E-state index in [1.165, 1.54) is 4.57 Å². The van der Waals surface area contributed by atoms with Gasteiger partial charge in [0.05, 0.1) is 18.4 Å². The quantitative estimate of drug-likeness (QED) is 0.796. The molecule has 1 aliphatic heterocycles. The van der Waals surface area contributed by atoms with E-state index >= 15 is 0 Å². The lowest BCUT2D eigenvalue weighted by Gasteiger charge is -2.25. The Bertz CT molecular complexity index is 738. The standard InChI is InChI=1S/C18H27N3O4/c1-2-14(19-11-13-9-6-10-25-13)15-16(22)20-18(24)21(17(15)23)12-7-4-3-5-8-12/h12-13,23H,2-11H2,1H3,(H,20,22,24)/t13-/m0/s1. The molecule has 0 amide bonds. The fourth-order valence-corrected chi connectivity index (χ4v) is 3.84. The molecule has 1 aromatic heterocycles. The normalized spacial score (nSPS) is 22.4. The third-order valence-electron chi connectivity index (χ3n) is 5.19. The van der Waals surface area contributed by atoms with Gasteiger partial charge in [0.1, 0.15) is 5.56 Å². The molecular weight excluding hydrogens is 322 g/mol. The Morgan fingerprint density at radius 2 is 2.00 bits per heavy atom. The van der Waals surface area contributed by atoms with Crippen LogP contribution in [0.15, 0.2) is 14.6 Å². The highest BCUT2D eigenvalue weighted by atomic mass is 16.5. The molecule has 2 heterocycles. The molecule has 0 unspecified atom stereocenters. The zero-order chi connectivity index (χ0) is 17.8. The lowest BCUT2D eigenvalue weighted by molar-refractivity contribution is 0.118. The van der Waals surface area contributed by atoms with Crippen LogP contribution in [0.5, 0.6) is 5.88 Å². The summed E-state index contributed by atoms with van der Waals surface area (Å²) in [6.45, 7) is 3.12. The molecule has 3 rings (SSSR count). The molecule has 0 aromatic carbocycles. The topological polar surface area (TPSA) is 96.7 Å². The molecule has 0 spiro atoms. The van der Waals surface area contributed by atoms with E-state index in [0.717, 1.165) is 51.6 Å². The summed E-state index contributed by atoms with van der Waals surface area (Å²) in [5.74, 6) is -0.242. The number of rotatable bonds is 5. The molecule has 2 aliphatic rings. The van der Waals surface area contributed by atoms with Gasteiger partial charge in [-0.2, -0.15) is 0 Å². The summed E-state index contributed by atoms with van der Waals surface area (Å²) in [5, 5.41) is 10.7. The van der Waals surface area contributed by atoms with Crippen LogP contribution in [0.4, 0.5) is 0 Å². The van der Waals surface area contributed by atoms with E-state index < -0.39 is 11.2 Å². The Morgan fingerprint density at radius 1 is 1.24 bits per heavy atom. The fraction of sp³-hybridized carbons (Fsp3) is 0.722. The average Bonchev–Trinajstić information content (AvgIpc) is 3.12. The van der Waals surface area contributed by atoms with Crippen LogP contribution in [0.2, 0.25) is 0 Å². The van der Waals surface area contributed by atoms with Crippen molar-refractivity contribution in [2.45, 2.75) is 70.4 Å². The summed E-state index contributed by atoms with van der Waals surface area (Å²) in [6, 6.07) is -0.0619. The predicted molar refractivity (Wildman–Crippen MR) is 95.8 cm³/mol. The Hall–Kier alpha value is -1.89. The first-order valence-corrected chi connectivity index (χ1v) is 9.35. The second kappa shape index (κ2) is 7.99. The molecule has 0 bridgehead atoms. The Morgan fingerprint density at radius 3 is 2.64 bits per heavy atom. The van der Waals surface area contributed by atoms with Crippen LogP contribution in [0.25, 0.3) is 0 Å². The zero-order valence-electron chi connectivity index (χ0n) is 14.8. The van der Waals surface area contributed by atoms with E-state index in [1.54, 1.807) is 0 Å². The van der Waals surface area contributed by atoms with E-state index in [2.05, 4.69) is 9.98 Å². The molecule has 25 heavy (non-hydrogen) atoms. The molecule has 1 aliphatic carbocycles. The largest absolute Gasteiger partial charge is 0.494 e. The SMILES string of the molecule is CCC(=NC[C@@H]1CCCO1)c1c(O)n(C2CCCCC2)c(=O)[nH]c1=O. The number of aromatic hydroxyl groups is 1. The van der Waals surface area contributed by atoms with Gasteiger partial charge in [-0.1, -0.05) is 26.2 Å². The first kappa shape index (κ1) is 17.9. The first-order chi connectivity index (χ1) is 12.1. The number of ether oxygens (including phenoxy) is 1. The van der Waals surface area contributed by atoms with Crippen molar-refractivity contribution in [1.29, 1.82) is 0 Å². The van der Waals surface area contributed by atoms with Crippen LogP contribution in [0, 0.1) is 0 Å². The fourth-order valence-electron chi connectivity index (χ4n) is 3.84. The minimum absolute atomic E-state index is 0.0619. The number of aromatic nitrogens is 2. The van der Waals surface area contributed by atoms with Gasteiger partial charge in [-0.3, -0.25) is 19.3 Å². The summed E-state index contributed by atoms with van der Waals surface area (Å²) in [4.78, 5) is 31.5. The van der Waals surface area contributed by atoms with Gasteiger partial charge in [0.15, 0.2) is 0 Å². The van der Waals surface area contributed by atoms with Crippen molar-refractivity contribution in [3.8, 4) is 5.88 Å². The predicted octanol–water partition coefficient (Wildman–Crippen LogP) is 2.13. The van der Waals surface area contributed by atoms with Crippen LogP contribution < -0.4 is 11.2 Å². The molecule has 2 fully saturated rings. The minimum Gasteiger partial charge on any atom is -0.494 e. The minimum atomic E-state index is -0.567. The number of nitrogens with zero attached hydrogens (tertiary/aromatic N) is 2. The van der Waals surface area contributed by atoms with Crippen LogP contribution in [-0.2, 0) is 4.74 Å². The van der Waals surface area contributed by atoms with Crippen molar-refractivity contribution in [3.63, 3.8) is 0 Å². The van der Waals surface area contributed by atoms with Crippen LogP contribution in [-0.4, -0.2) is 39.6 Å². The van der Waals surface area contributed by atoms with Gasteiger partial charge in [-0.05, 0) is 32.1 Å². The Kier molecular flexibility index (Phi) is 5.73. The van der Waals surface area contributed by atoms with Gasteiger partial charge in [0.2, 0.25) is 5.88 Å². The molecule has 7 nitrogen and oxygen atoms in total. The molecule has 0 radical (unpaired) electrons. The summed E-state index contributed by atoms with van der Waals surface area (Å²) in [6.07, 6.45) is 7.45. The van der Waals surface area contributed by atoms with Crippen molar-refractivity contribution in [2.24, 2.45) is 4.99 Å². The third kappa shape index (κ3) is 3.86. The average molecular weight is 349 g/mol. The maximum atomic E-state index is 12.4. The van der Waals surface area contributed by atoms with Crippen molar-refractivity contribution in [3.05, 3.63) is 26.4 Å². The van der Waals surface area contributed by atoms with Crippen molar-refractivity contribution in [1.82, 2.24) is 9.55 Å². The monoisotopic (exact) mass is 349 g/mol. The van der Waals surface area contributed by atoms with E-state index in [-0.39, 0.29) is 23.6 Å². The number of nitrogens with one attached hydrogen (secondary N) is 1. The summed E-state index contributed by atoms with van der Waals surface area (Å²) < 4.78 is 6.93. The van der Waals surface area contributed by atoms with E-state index in [4.69, 9.17) is 4.74 Å². The van der Waals surface area contributed by atoms with Crippen LogP contribution in [0.1, 0.15) is 69.9 Å². The van der Waals surface area contributed by atoms with Gasteiger partial charge in [0, 0.05) is 12.6 Å². The molecular formula is C18H27N3O4. The van der Waals surface area contributed by atoms with Gasteiger partial charge in [-0.15, -0.1) is 0 Å². The summed E-state index contributed by atoms with van der Waals surface area (Å²) in [5.41, 5.74) is -0.445. The van der Waals surface area contributed by atoms with Crippen molar-refractivity contribution < 1.29 is 9.84 Å². The lowest BCUT2D eigenvalue weighted by Crippen LogP contribution is -2.36. The van der Waals surface area contributed by atoms with E-state index in [9.17, 15) is 14.7 Å². The second-order valence-electron chi connectivity index (χ2n) is 6.90. The van der Waals surface area contributed by atoms with E-state index in [0.29, 0.717) is 18.7 Å². The number of aromatic amines is 1. The van der Waals surface area contributed by atoms with E-state index in [1.807, 2.05) is 6.92 Å². The Balaban J connectivity index is 1.97. The van der Waals surface area contributed by atoms with Gasteiger partial charge >= 0.3 is 5.69 Å². The second-order valence-corrected chi connectivity index (χ2v) is 6.90. The summed E-state index contributed by atoms with van der Waals surface area (Å²) in [7, 11) is 0. The first-order valence-electron chi connectivity index (χ1n) is 9.35. The Labute approximate surface area is 146 Å². The summed E-state index contributed by atoms with van der Waals surface area (Å²) >= 11 is 0. The van der Waals surface area contributed by atoms with Gasteiger partial charge in [-0.25, -0.2) is 4.79 Å². The maximum Gasteiger partial charge on any atom is 0.331 e. The lowest BCUT2D eigenvalue weighted by atomic mass is 9.95. The molecule has 1 atom stereocenters. The molecule has 1 saturated heterocycles. The smallest absolute Gasteiger partial charge is 0.331 e. The molecule has 2 N–H and O–H groups in total.